The molecule has 0 saturated heterocycles. The molecule has 140 valence electrons. The zero-order valence-corrected chi connectivity index (χ0v) is 13.7. The Bertz CT molecular complexity index is 511. The van der Waals surface area contributed by atoms with Gasteiger partial charge in [-0.2, -0.15) is 26.3 Å². The van der Waals surface area contributed by atoms with Crippen LogP contribution in [0.1, 0.15) is 32.3 Å². The van der Waals surface area contributed by atoms with E-state index in [0.29, 0.717) is 24.3 Å². The van der Waals surface area contributed by atoms with E-state index in [1.165, 1.54) is 12.8 Å². The van der Waals surface area contributed by atoms with Gasteiger partial charge in [0.05, 0.1) is 0 Å². The van der Waals surface area contributed by atoms with Gasteiger partial charge in [-0.1, -0.05) is 38.8 Å². The summed E-state index contributed by atoms with van der Waals surface area (Å²) < 4.78 is 89.6. The molecule has 0 aliphatic rings. The van der Waals surface area contributed by atoms with Crippen molar-refractivity contribution >= 4 is 8.25 Å². The Morgan fingerprint density at radius 2 is 1.33 bits per heavy atom. The molecule has 0 saturated carbocycles. The van der Waals surface area contributed by atoms with Crippen LogP contribution in [-0.4, -0.2) is 22.4 Å². The van der Waals surface area contributed by atoms with Gasteiger partial charge in [-0.3, -0.25) is 0 Å². The van der Waals surface area contributed by atoms with Crippen LogP contribution in [0.2, 0.25) is 0 Å². The minimum Gasteiger partial charge on any atom is -0.426 e. The lowest BCUT2D eigenvalue weighted by molar-refractivity contribution is -0.376. The monoisotopic (exact) mass is 382 g/mol. The highest BCUT2D eigenvalue weighted by Crippen LogP contribution is 2.50. The van der Waals surface area contributed by atoms with Crippen LogP contribution in [0, 0.1) is 0 Å². The Morgan fingerprint density at radius 3 is 1.58 bits per heavy atom. The van der Waals surface area contributed by atoms with E-state index in [0.717, 1.165) is 0 Å². The molecule has 0 heterocycles. The van der Waals surface area contributed by atoms with Gasteiger partial charge >= 0.3 is 20.6 Å². The summed E-state index contributed by atoms with van der Waals surface area (Å²) in [5.41, 5.74) is -6.52. The summed E-state index contributed by atoms with van der Waals surface area (Å²) in [7, 11) is -3.45. The molecule has 0 aliphatic carbocycles. The summed E-state index contributed by atoms with van der Waals surface area (Å²) in [5.74, 6) is -0.410. The van der Waals surface area contributed by atoms with Gasteiger partial charge in [0.15, 0.2) is 0 Å². The molecular weight excluding hydrogens is 365 g/mol. The lowest BCUT2D eigenvalue weighted by Gasteiger charge is -2.32. The molecule has 1 aromatic carbocycles. The minimum absolute atomic E-state index is 0.307. The molecule has 0 spiro atoms. The maximum absolute atomic E-state index is 12.5. The first-order valence-electron chi connectivity index (χ1n) is 6.68. The molecule has 1 aromatic rings. The Labute approximate surface area is 135 Å². The average Bonchev–Trinajstić information content (AvgIpc) is 2.44. The SMILES string of the molecule is CCCC.O=[PH](O)Oc1ccc(C(O)(C(F)(F)F)C(F)(F)F)cc1. The van der Waals surface area contributed by atoms with E-state index in [9.17, 15) is 30.9 Å². The van der Waals surface area contributed by atoms with E-state index >= 15 is 0 Å². The van der Waals surface area contributed by atoms with Crippen molar-refractivity contribution in [2.45, 2.75) is 44.6 Å². The van der Waals surface area contributed by atoms with Crippen LogP contribution >= 0.6 is 8.25 Å². The standard InChI is InChI=1S/C9H7F6O4P.C4H10/c10-8(11,12)7(16,9(13,14)15)5-1-3-6(4-2-5)19-20(17)18;1-3-4-2/h1-4,16,20H,(H,17,18);3-4H2,1-2H3. The molecular formula is C13H17F6O4P. The lowest BCUT2D eigenvalue weighted by atomic mass is 9.92. The highest BCUT2D eigenvalue weighted by molar-refractivity contribution is 7.32. The van der Waals surface area contributed by atoms with Crippen LogP contribution in [0.15, 0.2) is 24.3 Å². The Morgan fingerprint density at radius 1 is 0.958 bits per heavy atom. The van der Waals surface area contributed by atoms with Gasteiger partial charge in [0, 0.05) is 5.56 Å². The van der Waals surface area contributed by atoms with Crippen molar-refractivity contribution in [3.8, 4) is 5.75 Å². The van der Waals surface area contributed by atoms with Crippen LogP contribution in [0.5, 0.6) is 5.75 Å². The maximum atomic E-state index is 12.5. The van der Waals surface area contributed by atoms with Gasteiger partial charge in [0.25, 0.3) is 5.60 Å². The summed E-state index contributed by atoms with van der Waals surface area (Å²) in [6.07, 6.45) is -9.34. The van der Waals surface area contributed by atoms with Crippen LogP contribution < -0.4 is 4.52 Å². The molecule has 2 N–H and O–H groups in total. The summed E-state index contributed by atoms with van der Waals surface area (Å²) in [6, 6.07) is 1.83. The molecule has 11 heteroatoms. The van der Waals surface area contributed by atoms with Crippen molar-refractivity contribution in [3.05, 3.63) is 29.8 Å². The predicted molar refractivity (Wildman–Crippen MR) is 74.9 cm³/mol. The van der Waals surface area contributed by atoms with E-state index in [1.54, 1.807) is 0 Å². The first kappa shape index (κ1) is 22.8. The van der Waals surface area contributed by atoms with Crippen LogP contribution in [0.4, 0.5) is 26.3 Å². The fourth-order valence-corrected chi connectivity index (χ4v) is 1.69. The number of unbranched alkanes of at least 4 members (excludes halogenated alkanes) is 1. The molecule has 24 heavy (non-hydrogen) atoms. The third-order valence-electron chi connectivity index (χ3n) is 2.80. The summed E-state index contributed by atoms with van der Waals surface area (Å²) in [6.45, 7) is 4.36. The molecule has 0 bridgehead atoms. The number of alkyl halides is 6. The molecule has 0 aromatic heterocycles. The zero-order chi connectivity index (χ0) is 19.2. The Balaban J connectivity index is 0.00000118. The number of aliphatic hydroxyl groups is 1. The van der Waals surface area contributed by atoms with Crippen molar-refractivity contribution in [2.75, 3.05) is 0 Å². The second-order valence-corrected chi connectivity index (χ2v) is 5.33. The fraction of sp³-hybridized carbons (Fsp3) is 0.538. The van der Waals surface area contributed by atoms with Crippen LogP contribution in [0.3, 0.4) is 0 Å². The third-order valence-corrected chi connectivity index (χ3v) is 3.21. The number of benzene rings is 1. The summed E-state index contributed by atoms with van der Waals surface area (Å²) >= 11 is 0. The van der Waals surface area contributed by atoms with Crippen LogP contribution in [-0.2, 0) is 10.2 Å². The second-order valence-electron chi connectivity index (χ2n) is 4.60. The molecule has 0 radical (unpaired) electrons. The van der Waals surface area contributed by atoms with Crippen molar-refractivity contribution in [3.63, 3.8) is 0 Å². The Kier molecular flexibility index (Phi) is 8.28. The highest BCUT2D eigenvalue weighted by atomic mass is 31.1. The average molecular weight is 382 g/mol. The zero-order valence-electron chi connectivity index (χ0n) is 12.7. The Hall–Kier alpha value is -1.25. The maximum Gasteiger partial charge on any atom is 0.430 e. The van der Waals surface area contributed by atoms with Gasteiger partial charge in [-0.15, -0.1) is 0 Å². The van der Waals surface area contributed by atoms with E-state index < -0.39 is 37.5 Å². The third kappa shape index (κ3) is 5.68. The number of hydrogen-bond donors (Lipinski definition) is 2. The minimum atomic E-state index is -5.99. The van der Waals surface area contributed by atoms with Gasteiger partial charge < -0.3 is 14.5 Å². The summed E-state index contributed by atoms with van der Waals surface area (Å²) in [5, 5.41) is 9.03. The van der Waals surface area contributed by atoms with Crippen molar-refractivity contribution in [2.24, 2.45) is 0 Å². The quantitative estimate of drug-likeness (QED) is 0.592. The smallest absolute Gasteiger partial charge is 0.426 e. The van der Waals surface area contributed by atoms with Gasteiger partial charge in [0.2, 0.25) is 0 Å². The number of rotatable bonds is 4. The first-order chi connectivity index (χ1) is 10.8. The van der Waals surface area contributed by atoms with E-state index in [4.69, 9.17) is 10.00 Å². The number of halogens is 6. The molecule has 1 rings (SSSR count). The van der Waals surface area contributed by atoms with Crippen LogP contribution in [0.25, 0.3) is 0 Å². The topological polar surface area (TPSA) is 66.8 Å². The highest BCUT2D eigenvalue weighted by Gasteiger charge is 2.71. The number of hydrogen-bond acceptors (Lipinski definition) is 3. The lowest BCUT2D eigenvalue weighted by Crippen LogP contribution is -2.53. The molecule has 4 nitrogen and oxygen atoms in total. The molecule has 0 aliphatic heterocycles. The normalized spacial score (nSPS) is 13.8. The second kappa shape index (κ2) is 8.73. The predicted octanol–water partition coefficient (Wildman–Crippen LogP) is 4.57. The summed E-state index contributed by atoms with van der Waals surface area (Å²) in [4.78, 5) is 8.41. The molecule has 1 atom stereocenters. The van der Waals surface area contributed by atoms with Crippen molar-refractivity contribution in [1.29, 1.82) is 0 Å². The van der Waals surface area contributed by atoms with Gasteiger partial charge in [-0.05, 0) is 12.1 Å². The largest absolute Gasteiger partial charge is 0.430 e. The first-order valence-corrected chi connectivity index (χ1v) is 7.94. The van der Waals surface area contributed by atoms with E-state index in [-0.39, 0.29) is 0 Å². The molecule has 0 fully saturated rings. The van der Waals surface area contributed by atoms with Crippen molar-refractivity contribution in [1.82, 2.24) is 0 Å². The van der Waals surface area contributed by atoms with Crippen molar-refractivity contribution < 1.29 is 45.4 Å². The van der Waals surface area contributed by atoms with Gasteiger partial charge in [0.1, 0.15) is 5.75 Å². The molecule has 1 unspecified atom stereocenters. The molecule has 0 amide bonds. The van der Waals surface area contributed by atoms with E-state index in [1.807, 2.05) is 0 Å². The fourth-order valence-electron chi connectivity index (χ4n) is 1.35. The van der Waals surface area contributed by atoms with Gasteiger partial charge in [-0.25, -0.2) is 4.57 Å². The van der Waals surface area contributed by atoms with E-state index in [2.05, 4.69) is 18.4 Å².